The molecule has 1 rings (SSSR count). The highest BCUT2D eigenvalue weighted by Gasteiger charge is 1.93. The van der Waals surface area contributed by atoms with Gasteiger partial charge in [0, 0.05) is 0 Å². The number of nitrogens with one attached hydrogen (secondary N) is 1. The normalized spacial score (nSPS) is 9.12. The molecular formula is C5H4ClNS. The third kappa shape index (κ3) is 1.08. The summed E-state index contributed by atoms with van der Waals surface area (Å²) >= 11 is 6.81. The van der Waals surface area contributed by atoms with Crippen LogP contribution in [0.25, 0.3) is 0 Å². The molecule has 0 atom stereocenters. The topological polar surface area (TPSA) is 23.9 Å². The Morgan fingerprint density at radius 3 is 2.75 bits per heavy atom. The zero-order valence-corrected chi connectivity index (χ0v) is 5.59. The molecule has 3 heteroatoms. The number of hydrogen-bond donors (Lipinski definition) is 1. The number of rotatable bonds is 1. The molecule has 42 valence electrons. The Morgan fingerprint density at radius 1 is 1.75 bits per heavy atom. The van der Waals surface area contributed by atoms with Gasteiger partial charge in [0.25, 0.3) is 0 Å². The predicted octanol–water partition coefficient (Wildman–Crippen LogP) is 2.31. The number of halogens is 1. The Hall–Kier alpha value is -0.340. The molecule has 1 nitrogen and oxygen atoms in total. The van der Waals surface area contributed by atoms with Gasteiger partial charge in [-0.1, -0.05) is 17.7 Å². The minimum absolute atomic E-state index is 0.125. The van der Waals surface area contributed by atoms with Crippen molar-refractivity contribution in [3.8, 4) is 0 Å². The van der Waals surface area contributed by atoms with Gasteiger partial charge in [0.05, 0.1) is 4.88 Å². The summed E-state index contributed by atoms with van der Waals surface area (Å²) in [5, 5.41) is 8.95. The summed E-state index contributed by atoms with van der Waals surface area (Å²) in [4.78, 5) is 0.826. The van der Waals surface area contributed by atoms with Crippen LogP contribution in [0, 0.1) is 5.41 Å². The van der Waals surface area contributed by atoms with Gasteiger partial charge >= 0.3 is 0 Å². The van der Waals surface area contributed by atoms with E-state index in [2.05, 4.69) is 0 Å². The largest absolute Gasteiger partial charge is 0.288 e. The molecule has 0 bridgehead atoms. The Bertz CT molecular complexity index is 180. The lowest BCUT2D eigenvalue weighted by Gasteiger charge is -1.81. The second kappa shape index (κ2) is 2.29. The van der Waals surface area contributed by atoms with Gasteiger partial charge in [-0.2, -0.15) is 0 Å². The summed E-state index contributed by atoms with van der Waals surface area (Å²) < 4.78 is 0. The molecule has 1 N–H and O–H groups in total. The van der Waals surface area contributed by atoms with Crippen LogP contribution in [0.2, 0.25) is 0 Å². The Morgan fingerprint density at radius 2 is 2.50 bits per heavy atom. The van der Waals surface area contributed by atoms with Crippen LogP contribution in [0.5, 0.6) is 0 Å². The first-order chi connectivity index (χ1) is 3.80. The highest BCUT2D eigenvalue weighted by Crippen LogP contribution is 2.10. The van der Waals surface area contributed by atoms with Gasteiger partial charge in [0.2, 0.25) is 0 Å². The Labute approximate surface area is 56.4 Å². The van der Waals surface area contributed by atoms with Crippen molar-refractivity contribution in [3.05, 3.63) is 22.4 Å². The summed E-state index contributed by atoms with van der Waals surface area (Å²) in [6, 6.07) is 3.69. The summed E-state index contributed by atoms with van der Waals surface area (Å²) in [6.45, 7) is 0. The smallest absolute Gasteiger partial charge is 0.138 e. The van der Waals surface area contributed by atoms with E-state index >= 15 is 0 Å². The molecule has 0 fully saturated rings. The molecule has 1 heterocycles. The van der Waals surface area contributed by atoms with E-state index < -0.39 is 0 Å². The van der Waals surface area contributed by atoms with E-state index in [4.69, 9.17) is 17.0 Å². The molecule has 0 aliphatic rings. The molecular weight excluding hydrogens is 142 g/mol. The van der Waals surface area contributed by atoms with Crippen molar-refractivity contribution in [1.29, 1.82) is 5.41 Å². The van der Waals surface area contributed by atoms with Crippen molar-refractivity contribution in [3.63, 3.8) is 0 Å². The fourth-order valence-electron chi connectivity index (χ4n) is 0.403. The van der Waals surface area contributed by atoms with E-state index in [1.807, 2.05) is 17.5 Å². The molecule has 0 radical (unpaired) electrons. The third-order valence-corrected chi connectivity index (χ3v) is 1.94. The summed E-state index contributed by atoms with van der Waals surface area (Å²) in [6.07, 6.45) is 0. The van der Waals surface area contributed by atoms with Gasteiger partial charge in [-0.15, -0.1) is 11.3 Å². The van der Waals surface area contributed by atoms with E-state index in [1.165, 1.54) is 11.3 Å². The highest BCUT2D eigenvalue weighted by atomic mass is 35.5. The standard InChI is InChI=1S/C5H4ClNS/c6-5(7)4-2-1-3-8-4/h1-3,7H. The van der Waals surface area contributed by atoms with E-state index in [9.17, 15) is 0 Å². The van der Waals surface area contributed by atoms with Crippen molar-refractivity contribution >= 4 is 28.1 Å². The fourth-order valence-corrected chi connectivity index (χ4v) is 1.16. The van der Waals surface area contributed by atoms with Crippen LogP contribution in [-0.2, 0) is 0 Å². The first-order valence-electron chi connectivity index (χ1n) is 2.08. The van der Waals surface area contributed by atoms with Gasteiger partial charge in [0.15, 0.2) is 0 Å². The molecule has 0 aromatic carbocycles. The minimum atomic E-state index is 0.125. The average molecular weight is 146 g/mol. The van der Waals surface area contributed by atoms with Crippen LogP contribution in [0.4, 0.5) is 0 Å². The molecule has 0 amide bonds. The number of hydrogen-bond acceptors (Lipinski definition) is 2. The monoisotopic (exact) mass is 145 g/mol. The Balaban J connectivity index is 2.93. The van der Waals surface area contributed by atoms with Gasteiger partial charge < -0.3 is 0 Å². The van der Waals surface area contributed by atoms with Gasteiger partial charge in [-0.3, -0.25) is 5.41 Å². The lowest BCUT2D eigenvalue weighted by molar-refractivity contribution is 1.56. The first-order valence-corrected chi connectivity index (χ1v) is 3.34. The quantitative estimate of drug-likeness (QED) is 0.587. The van der Waals surface area contributed by atoms with E-state index in [-0.39, 0.29) is 5.17 Å². The van der Waals surface area contributed by atoms with Crippen LogP contribution in [0.3, 0.4) is 0 Å². The van der Waals surface area contributed by atoms with Crippen molar-refractivity contribution < 1.29 is 0 Å². The molecule has 0 saturated heterocycles. The molecule has 0 saturated carbocycles. The third-order valence-electron chi connectivity index (χ3n) is 0.738. The molecule has 0 unspecified atom stereocenters. The molecule has 1 aromatic rings. The molecule has 0 aliphatic carbocycles. The van der Waals surface area contributed by atoms with E-state index in [1.54, 1.807) is 0 Å². The predicted molar refractivity (Wildman–Crippen MR) is 37.0 cm³/mol. The van der Waals surface area contributed by atoms with E-state index in [0.29, 0.717) is 0 Å². The molecule has 1 aromatic heterocycles. The van der Waals surface area contributed by atoms with Crippen molar-refractivity contribution in [2.24, 2.45) is 0 Å². The Kier molecular flexibility index (Phi) is 1.65. The highest BCUT2D eigenvalue weighted by molar-refractivity contribution is 7.14. The fraction of sp³-hybridized carbons (Fsp3) is 0. The maximum absolute atomic E-state index is 6.93. The first kappa shape index (κ1) is 5.79. The second-order valence-corrected chi connectivity index (χ2v) is 2.62. The molecule has 8 heavy (non-hydrogen) atoms. The van der Waals surface area contributed by atoms with Gasteiger partial charge in [0.1, 0.15) is 5.17 Å². The minimum Gasteiger partial charge on any atom is -0.288 e. The van der Waals surface area contributed by atoms with Crippen LogP contribution < -0.4 is 0 Å². The SMILES string of the molecule is N=C(Cl)c1cccs1. The zero-order chi connectivity index (χ0) is 5.98. The lowest BCUT2D eigenvalue weighted by Crippen LogP contribution is -1.78. The van der Waals surface area contributed by atoms with Crippen LogP contribution in [0.1, 0.15) is 4.88 Å². The van der Waals surface area contributed by atoms with Crippen LogP contribution in [0.15, 0.2) is 17.5 Å². The maximum Gasteiger partial charge on any atom is 0.138 e. The van der Waals surface area contributed by atoms with Gasteiger partial charge in [-0.05, 0) is 11.4 Å². The summed E-state index contributed by atoms with van der Waals surface area (Å²) in [5.74, 6) is 0. The maximum atomic E-state index is 6.93. The van der Waals surface area contributed by atoms with Crippen LogP contribution >= 0.6 is 22.9 Å². The van der Waals surface area contributed by atoms with Crippen molar-refractivity contribution in [2.75, 3.05) is 0 Å². The summed E-state index contributed by atoms with van der Waals surface area (Å²) in [5.41, 5.74) is 0. The zero-order valence-electron chi connectivity index (χ0n) is 4.02. The van der Waals surface area contributed by atoms with Crippen molar-refractivity contribution in [1.82, 2.24) is 0 Å². The molecule has 0 aliphatic heterocycles. The van der Waals surface area contributed by atoms with Crippen molar-refractivity contribution in [2.45, 2.75) is 0 Å². The second-order valence-electron chi connectivity index (χ2n) is 1.29. The summed E-state index contributed by atoms with van der Waals surface area (Å²) in [7, 11) is 0. The van der Waals surface area contributed by atoms with Gasteiger partial charge in [-0.25, -0.2) is 0 Å². The lowest BCUT2D eigenvalue weighted by atomic mass is 10.5. The van der Waals surface area contributed by atoms with Crippen LogP contribution in [-0.4, -0.2) is 5.17 Å². The number of thiophene rings is 1. The van der Waals surface area contributed by atoms with E-state index in [0.717, 1.165) is 4.88 Å². The molecule has 0 spiro atoms. The average Bonchev–Trinajstić information content (AvgIpc) is 2.12.